The number of aryl methyl sites for hydroxylation is 2. The average Bonchev–Trinajstić information content (AvgIpc) is 3.34. The SMILES string of the molecule is Cc1nn(Cc2cccc(S(=O)(=O)N(C)C)c2)c(C)c1NC(=O)c1noc2c1CC(C(C)(C)C)CC2. The van der Waals surface area contributed by atoms with Crippen molar-refractivity contribution < 1.29 is 17.7 Å². The van der Waals surface area contributed by atoms with E-state index in [1.54, 1.807) is 22.9 Å². The van der Waals surface area contributed by atoms with Gasteiger partial charge in [-0.1, -0.05) is 38.1 Å². The number of amides is 1. The molecule has 1 N–H and O–H groups in total. The molecule has 2 heterocycles. The molecule has 1 unspecified atom stereocenters. The molecule has 36 heavy (non-hydrogen) atoms. The lowest BCUT2D eigenvalue weighted by Crippen LogP contribution is -2.27. The van der Waals surface area contributed by atoms with E-state index in [0.717, 1.165) is 41.8 Å². The average molecular weight is 514 g/mol. The Balaban J connectivity index is 1.55. The molecule has 0 spiro atoms. The molecule has 10 heteroatoms. The van der Waals surface area contributed by atoms with Gasteiger partial charge in [-0.25, -0.2) is 12.7 Å². The van der Waals surface area contributed by atoms with Gasteiger partial charge < -0.3 is 9.84 Å². The van der Waals surface area contributed by atoms with E-state index in [-0.39, 0.29) is 16.2 Å². The van der Waals surface area contributed by atoms with Crippen molar-refractivity contribution in [2.75, 3.05) is 19.4 Å². The highest BCUT2D eigenvalue weighted by molar-refractivity contribution is 7.89. The molecule has 1 amide bonds. The normalized spacial score (nSPS) is 16.3. The number of anilines is 1. The maximum Gasteiger partial charge on any atom is 0.278 e. The largest absolute Gasteiger partial charge is 0.360 e. The minimum atomic E-state index is -3.54. The molecule has 0 fully saturated rings. The molecule has 1 aliphatic carbocycles. The van der Waals surface area contributed by atoms with Gasteiger partial charge in [0.15, 0.2) is 5.69 Å². The van der Waals surface area contributed by atoms with Crippen LogP contribution in [0.15, 0.2) is 33.7 Å². The Hall–Kier alpha value is -2.98. The zero-order valence-electron chi connectivity index (χ0n) is 22.0. The zero-order valence-corrected chi connectivity index (χ0v) is 22.9. The molecule has 194 valence electrons. The number of carbonyl (C=O) groups is 1. The fraction of sp³-hybridized carbons (Fsp3) is 0.500. The maximum atomic E-state index is 13.3. The summed E-state index contributed by atoms with van der Waals surface area (Å²) < 4.78 is 33.5. The fourth-order valence-corrected chi connectivity index (χ4v) is 5.69. The van der Waals surface area contributed by atoms with Crippen LogP contribution in [0, 0.1) is 25.2 Å². The van der Waals surface area contributed by atoms with Gasteiger partial charge in [-0.2, -0.15) is 5.10 Å². The van der Waals surface area contributed by atoms with Crippen molar-refractivity contribution in [2.45, 2.75) is 65.3 Å². The second-order valence-electron chi connectivity index (χ2n) is 10.8. The van der Waals surface area contributed by atoms with E-state index in [4.69, 9.17) is 4.52 Å². The quantitative estimate of drug-likeness (QED) is 0.529. The van der Waals surface area contributed by atoms with Crippen LogP contribution in [0.25, 0.3) is 0 Å². The van der Waals surface area contributed by atoms with Gasteiger partial charge in [-0.15, -0.1) is 0 Å². The smallest absolute Gasteiger partial charge is 0.278 e. The first kappa shape index (κ1) is 26.1. The van der Waals surface area contributed by atoms with Crippen LogP contribution in [0.3, 0.4) is 0 Å². The Bertz CT molecular complexity index is 1400. The van der Waals surface area contributed by atoms with Crippen LogP contribution >= 0.6 is 0 Å². The molecular formula is C26H35N5O4S. The van der Waals surface area contributed by atoms with Gasteiger partial charge in [-0.3, -0.25) is 9.48 Å². The Labute approximate surface area is 212 Å². The van der Waals surface area contributed by atoms with Gasteiger partial charge >= 0.3 is 0 Å². The molecule has 4 rings (SSSR count). The van der Waals surface area contributed by atoms with E-state index >= 15 is 0 Å². The first-order valence-electron chi connectivity index (χ1n) is 12.1. The molecule has 0 saturated carbocycles. The molecule has 0 radical (unpaired) electrons. The number of aromatic nitrogens is 3. The summed E-state index contributed by atoms with van der Waals surface area (Å²) in [5.74, 6) is 0.950. The summed E-state index contributed by atoms with van der Waals surface area (Å²) in [5.41, 5.74) is 4.24. The monoisotopic (exact) mass is 513 g/mol. The van der Waals surface area contributed by atoms with Gasteiger partial charge in [-0.05, 0) is 55.7 Å². The van der Waals surface area contributed by atoms with Crippen molar-refractivity contribution in [3.63, 3.8) is 0 Å². The molecule has 0 bridgehead atoms. The van der Waals surface area contributed by atoms with Crippen molar-refractivity contribution in [2.24, 2.45) is 11.3 Å². The van der Waals surface area contributed by atoms with E-state index in [9.17, 15) is 13.2 Å². The minimum absolute atomic E-state index is 0.139. The van der Waals surface area contributed by atoms with Crippen LogP contribution in [0.2, 0.25) is 0 Å². The van der Waals surface area contributed by atoms with Crippen molar-refractivity contribution in [3.05, 3.63) is 58.2 Å². The van der Waals surface area contributed by atoms with Gasteiger partial charge in [0.2, 0.25) is 10.0 Å². The molecule has 9 nitrogen and oxygen atoms in total. The van der Waals surface area contributed by atoms with Crippen LogP contribution in [0.4, 0.5) is 5.69 Å². The lowest BCUT2D eigenvalue weighted by atomic mass is 9.71. The van der Waals surface area contributed by atoms with Crippen molar-refractivity contribution >= 4 is 21.6 Å². The molecule has 2 aromatic heterocycles. The number of fused-ring (bicyclic) bond motifs is 1. The van der Waals surface area contributed by atoms with E-state index in [1.807, 2.05) is 19.9 Å². The number of hydrogen-bond donors (Lipinski definition) is 1. The third-order valence-corrected chi connectivity index (χ3v) is 8.92. The number of sulfonamides is 1. The third kappa shape index (κ3) is 4.97. The van der Waals surface area contributed by atoms with Crippen molar-refractivity contribution in [3.8, 4) is 0 Å². The predicted molar refractivity (Wildman–Crippen MR) is 138 cm³/mol. The first-order chi connectivity index (χ1) is 16.8. The molecule has 1 aliphatic rings. The Kier molecular flexibility index (Phi) is 6.87. The lowest BCUT2D eigenvalue weighted by Gasteiger charge is -2.33. The molecule has 1 atom stereocenters. The van der Waals surface area contributed by atoms with Gasteiger partial charge in [0.05, 0.1) is 28.5 Å². The first-order valence-corrected chi connectivity index (χ1v) is 13.6. The van der Waals surface area contributed by atoms with Gasteiger partial charge in [0.1, 0.15) is 5.76 Å². The van der Waals surface area contributed by atoms with Crippen LogP contribution < -0.4 is 5.32 Å². The predicted octanol–water partition coefficient (Wildman–Crippen LogP) is 4.19. The van der Waals surface area contributed by atoms with E-state index in [0.29, 0.717) is 29.5 Å². The van der Waals surface area contributed by atoms with E-state index in [1.165, 1.54) is 18.4 Å². The Morgan fingerprint density at radius 2 is 1.97 bits per heavy atom. The zero-order chi connectivity index (χ0) is 26.4. The molecule has 1 aromatic carbocycles. The number of benzene rings is 1. The van der Waals surface area contributed by atoms with Crippen molar-refractivity contribution in [1.82, 2.24) is 19.2 Å². The topological polar surface area (TPSA) is 110 Å². The van der Waals surface area contributed by atoms with Crippen LogP contribution in [0.1, 0.15) is 66.0 Å². The number of nitrogens with zero attached hydrogens (tertiary/aromatic N) is 4. The summed E-state index contributed by atoms with van der Waals surface area (Å²) in [7, 11) is -0.522. The summed E-state index contributed by atoms with van der Waals surface area (Å²) in [4.78, 5) is 13.5. The highest BCUT2D eigenvalue weighted by Crippen LogP contribution is 2.38. The Morgan fingerprint density at radius 1 is 1.25 bits per heavy atom. The van der Waals surface area contributed by atoms with Crippen LogP contribution in [0.5, 0.6) is 0 Å². The number of carbonyl (C=O) groups excluding carboxylic acids is 1. The van der Waals surface area contributed by atoms with E-state index < -0.39 is 10.0 Å². The molecular weight excluding hydrogens is 478 g/mol. The summed E-state index contributed by atoms with van der Waals surface area (Å²) >= 11 is 0. The second-order valence-corrected chi connectivity index (χ2v) is 13.0. The molecule has 3 aromatic rings. The third-order valence-electron chi connectivity index (χ3n) is 7.11. The summed E-state index contributed by atoms with van der Waals surface area (Å²) in [6.07, 6.45) is 2.58. The van der Waals surface area contributed by atoms with Crippen LogP contribution in [-0.2, 0) is 29.4 Å². The lowest BCUT2D eigenvalue weighted by molar-refractivity contribution is 0.101. The summed E-state index contributed by atoms with van der Waals surface area (Å²) in [5, 5.41) is 11.7. The maximum absolute atomic E-state index is 13.3. The minimum Gasteiger partial charge on any atom is -0.360 e. The molecule has 0 aliphatic heterocycles. The summed E-state index contributed by atoms with van der Waals surface area (Å²) in [6, 6.07) is 6.81. The highest BCUT2D eigenvalue weighted by Gasteiger charge is 2.34. The highest BCUT2D eigenvalue weighted by atomic mass is 32.2. The number of hydrogen-bond acceptors (Lipinski definition) is 6. The standard InChI is InChI=1S/C26H35N5O4S/c1-16-23(27-25(32)24-21-14-19(26(3,4)5)11-12-22(21)35-29-24)17(2)31(28-16)15-18-9-8-10-20(13-18)36(33,34)30(6)7/h8-10,13,19H,11-12,14-15H2,1-7H3,(H,27,32). The fourth-order valence-electron chi connectivity index (χ4n) is 4.71. The Morgan fingerprint density at radius 3 is 2.64 bits per heavy atom. The van der Waals surface area contributed by atoms with Crippen molar-refractivity contribution in [1.29, 1.82) is 0 Å². The molecule has 0 saturated heterocycles. The summed E-state index contributed by atoms with van der Waals surface area (Å²) in [6.45, 7) is 10.8. The second kappa shape index (κ2) is 9.48. The number of nitrogens with one attached hydrogen (secondary N) is 1. The number of rotatable bonds is 6. The van der Waals surface area contributed by atoms with E-state index in [2.05, 4.69) is 36.3 Å². The van der Waals surface area contributed by atoms with Gasteiger partial charge in [0.25, 0.3) is 5.91 Å². The van der Waals surface area contributed by atoms with Crippen LogP contribution in [-0.4, -0.2) is 47.7 Å². The van der Waals surface area contributed by atoms with Gasteiger partial charge in [0, 0.05) is 26.1 Å².